The Morgan fingerprint density at radius 1 is 1.12 bits per heavy atom. The predicted molar refractivity (Wildman–Crippen MR) is 155 cm³/mol. The van der Waals surface area contributed by atoms with Crippen LogP contribution in [0, 0.1) is 16.7 Å². The standard InChI is InChI=1S/C34H48N2O4/c1-31-16-23-17-32(2,20-31)22-33(18-23,21-31)35-28(38)7-5-4-6-13-36-14-12-34-11-10-25(37)15-27(34)40-30-26(39-3)9-8-24(19-36)29(30)34/h8-11,23,25,27,37H,4-7,12-22H2,1-3H3,(H,35,38)/t23?,25-,27-,31?,32?,33?,34-/m0/s1. The fourth-order valence-electron chi connectivity index (χ4n) is 10.9. The molecule has 6 heteroatoms. The Kier molecular flexibility index (Phi) is 6.36. The van der Waals surface area contributed by atoms with E-state index in [0.29, 0.717) is 23.7 Å². The number of amides is 1. The number of hydrogen-bond acceptors (Lipinski definition) is 5. The Labute approximate surface area is 239 Å². The minimum atomic E-state index is -0.454. The van der Waals surface area contributed by atoms with Crippen molar-refractivity contribution in [2.45, 2.75) is 121 Å². The monoisotopic (exact) mass is 548 g/mol. The van der Waals surface area contributed by atoms with Gasteiger partial charge in [-0.2, -0.15) is 0 Å². The zero-order valence-electron chi connectivity index (χ0n) is 24.8. The molecule has 4 saturated carbocycles. The first-order chi connectivity index (χ1) is 19.1. The van der Waals surface area contributed by atoms with Crippen LogP contribution in [0.5, 0.6) is 11.5 Å². The Balaban J connectivity index is 0.936. The van der Waals surface area contributed by atoms with E-state index in [4.69, 9.17) is 9.47 Å². The molecule has 2 aliphatic heterocycles. The van der Waals surface area contributed by atoms with Crippen molar-refractivity contribution < 1.29 is 19.4 Å². The minimum Gasteiger partial charge on any atom is -0.493 e. The molecule has 1 amide bonds. The molecule has 0 aromatic heterocycles. The summed E-state index contributed by atoms with van der Waals surface area (Å²) in [5.41, 5.74) is 3.32. The van der Waals surface area contributed by atoms with Gasteiger partial charge in [-0.1, -0.05) is 38.5 Å². The molecule has 0 saturated heterocycles. The van der Waals surface area contributed by atoms with Gasteiger partial charge in [0, 0.05) is 30.5 Å². The smallest absolute Gasteiger partial charge is 0.220 e. The van der Waals surface area contributed by atoms with Crippen molar-refractivity contribution in [2.75, 3.05) is 20.2 Å². The second-order valence-electron chi connectivity index (χ2n) is 15.2. The molecule has 0 radical (unpaired) electrons. The number of methoxy groups -OCH3 is 1. The summed E-state index contributed by atoms with van der Waals surface area (Å²) in [5.74, 6) is 2.75. The summed E-state index contributed by atoms with van der Waals surface area (Å²) in [6.45, 7) is 7.89. The molecule has 1 aromatic rings. The van der Waals surface area contributed by atoms with Gasteiger partial charge in [0.05, 0.1) is 18.6 Å². The third-order valence-electron chi connectivity index (χ3n) is 11.4. The topological polar surface area (TPSA) is 71.0 Å². The van der Waals surface area contributed by atoms with Crippen molar-refractivity contribution in [3.63, 3.8) is 0 Å². The molecule has 6 nitrogen and oxygen atoms in total. The number of nitrogens with zero attached hydrogens (tertiary/aromatic N) is 1. The Hall–Kier alpha value is -2.05. The summed E-state index contributed by atoms with van der Waals surface area (Å²) in [6.07, 6.45) is 16.7. The molecule has 5 aliphatic carbocycles. The van der Waals surface area contributed by atoms with E-state index in [1.807, 2.05) is 12.1 Å². The number of nitrogens with one attached hydrogen (secondary N) is 1. The highest BCUT2D eigenvalue weighted by molar-refractivity contribution is 5.77. The molecule has 40 heavy (non-hydrogen) atoms. The van der Waals surface area contributed by atoms with Gasteiger partial charge in [-0.15, -0.1) is 0 Å². The van der Waals surface area contributed by atoms with E-state index in [-0.39, 0.29) is 23.0 Å². The molecule has 1 aromatic carbocycles. The normalized spacial score (nSPS) is 40.8. The lowest BCUT2D eigenvalue weighted by Crippen LogP contribution is -2.65. The van der Waals surface area contributed by atoms with Crippen molar-refractivity contribution in [1.82, 2.24) is 10.2 Å². The fourth-order valence-corrected chi connectivity index (χ4v) is 10.9. The summed E-state index contributed by atoms with van der Waals surface area (Å²) in [4.78, 5) is 15.7. The van der Waals surface area contributed by atoms with Crippen molar-refractivity contribution in [1.29, 1.82) is 0 Å². The van der Waals surface area contributed by atoms with Gasteiger partial charge in [0.25, 0.3) is 0 Å². The first-order valence-electron chi connectivity index (χ1n) is 15.9. The molecule has 4 bridgehead atoms. The maximum atomic E-state index is 13.1. The van der Waals surface area contributed by atoms with Crippen LogP contribution in [0.15, 0.2) is 24.3 Å². The molecule has 2 unspecified atom stereocenters. The van der Waals surface area contributed by atoms with E-state index in [2.05, 4.69) is 36.2 Å². The van der Waals surface area contributed by atoms with Gasteiger partial charge < -0.3 is 19.9 Å². The molecular weight excluding hydrogens is 500 g/mol. The lowest BCUT2D eigenvalue weighted by molar-refractivity contribution is -0.139. The Morgan fingerprint density at radius 2 is 1.93 bits per heavy atom. The zero-order chi connectivity index (χ0) is 27.8. The number of hydrogen-bond donors (Lipinski definition) is 2. The van der Waals surface area contributed by atoms with Gasteiger partial charge in [0.2, 0.25) is 5.91 Å². The van der Waals surface area contributed by atoms with Crippen LogP contribution in [-0.2, 0) is 16.8 Å². The van der Waals surface area contributed by atoms with Crippen LogP contribution in [0.3, 0.4) is 0 Å². The van der Waals surface area contributed by atoms with Crippen LogP contribution in [0.25, 0.3) is 0 Å². The predicted octanol–water partition coefficient (Wildman–Crippen LogP) is 5.65. The quantitative estimate of drug-likeness (QED) is 0.325. The molecule has 2 heterocycles. The van der Waals surface area contributed by atoms with E-state index in [9.17, 15) is 9.90 Å². The molecule has 218 valence electrons. The number of rotatable bonds is 8. The molecule has 4 fully saturated rings. The number of ether oxygens (including phenoxy) is 2. The van der Waals surface area contributed by atoms with E-state index in [0.717, 1.165) is 62.7 Å². The number of aliphatic hydroxyl groups is 1. The first kappa shape index (κ1) is 26.8. The fraction of sp³-hybridized carbons (Fsp3) is 0.735. The zero-order valence-corrected chi connectivity index (χ0v) is 24.8. The van der Waals surface area contributed by atoms with E-state index in [1.165, 1.54) is 49.7 Å². The van der Waals surface area contributed by atoms with Crippen LogP contribution in [-0.4, -0.2) is 53.9 Å². The van der Waals surface area contributed by atoms with E-state index in [1.54, 1.807) is 7.11 Å². The average molecular weight is 549 g/mol. The highest BCUT2D eigenvalue weighted by atomic mass is 16.5. The number of benzene rings is 1. The van der Waals surface area contributed by atoms with Crippen LogP contribution in [0.2, 0.25) is 0 Å². The maximum Gasteiger partial charge on any atom is 0.220 e. The van der Waals surface area contributed by atoms with Gasteiger partial charge in [0.15, 0.2) is 11.5 Å². The molecule has 5 atom stereocenters. The highest BCUT2D eigenvalue weighted by Crippen LogP contribution is 2.66. The summed E-state index contributed by atoms with van der Waals surface area (Å²) in [7, 11) is 1.70. The third-order valence-corrected chi connectivity index (χ3v) is 11.4. The maximum absolute atomic E-state index is 13.1. The molecule has 2 N–H and O–H groups in total. The van der Waals surface area contributed by atoms with Gasteiger partial charge in [-0.3, -0.25) is 9.69 Å². The van der Waals surface area contributed by atoms with E-state index < -0.39 is 6.10 Å². The van der Waals surface area contributed by atoms with Gasteiger partial charge in [0.1, 0.15) is 6.10 Å². The van der Waals surface area contributed by atoms with E-state index >= 15 is 0 Å². The highest BCUT2D eigenvalue weighted by Gasteiger charge is 2.60. The lowest BCUT2D eigenvalue weighted by atomic mass is 9.43. The van der Waals surface area contributed by atoms with Crippen LogP contribution < -0.4 is 14.8 Å². The third kappa shape index (κ3) is 4.48. The largest absolute Gasteiger partial charge is 0.493 e. The lowest BCUT2D eigenvalue weighted by Gasteiger charge is -2.65. The van der Waals surface area contributed by atoms with Gasteiger partial charge in [-0.05, 0) is 99.3 Å². The van der Waals surface area contributed by atoms with Crippen molar-refractivity contribution in [2.24, 2.45) is 16.7 Å². The summed E-state index contributed by atoms with van der Waals surface area (Å²) in [6, 6.07) is 4.24. The second kappa shape index (κ2) is 9.49. The van der Waals surface area contributed by atoms with Crippen LogP contribution in [0.1, 0.15) is 102 Å². The summed E-state index contributed by atoms with van der Waals surface area (Å²) >= 11 is 0. The summed E-state index contributed by atoms with van der Waals surface area (Å²) in [5, 5.41) is 13.9. The van der Waals surface area contributed by atoms with Crippen LogP contribution >= 0.6 is 0 Å². The van der Waals surface area contributed by atoms with Crippen LogP contribution in [0.4, 0.5) is 0 Å². The van der Waals surface area contributed by atoms with Gasteiger partial charge >= 0.3 is 0 Å². The molecule has 1 spiro atoms. The Morgan fingerprint density at radius 3 is 2.67 bits per heavy atom. The van der Waals surface area contributed by atoms with Crippen molar-refractivity contribution in [3.05, 3.63) is 35.4 Å². The van der Waals surface area contributed by atoms with Gasteiger partial charge in [-0.25, -0.2) is 0 Å². The number of unbranched alkanes of at least 4 members (excludes halogenated alkanes) is 2. The molecular formula is C34H48N2O4. The molecule has 8 rings (SSSR count). The minimum absolute atomic E-state index is 0.0461. The summed E-state index contributed by atoms with van der Waals surface area (Å²) < 4.78 is 12.1. The van der Waals surface area contributed by atoms with Crippen molar-refractivity contribution in [3.8, 4) is 11.5 Å². The molecule has 7 aliphatic rings. The average Bonchev–Trinajstić information content (AvgIpc) is 3.10. The first-order valence-corrected chi connectivity index (χ1v) is 15.9. The van der Waals surface area contributed by atoms with Crippen molar-refractivity contribution >= 4 is 5.91 Å². The second-order valence-corrected chi connectivity index (χ2v) is 15.2. The SMILES string of the molecule is COc1ccc2c3c1O[C@H]1C[C@@H](O)C=C[C@@]31CCN(CCCCCC(=O)NC13CC4CC(C)(CC(C)(C4)C1)C3)C2. The number of aliphatic hydroxyl groups excluding tert-OH is 1. The number of carbonyl (C=O) groups is 1. The Bertz CT molecular complexity index is 1190. The number of carbonyl (C=O) groups excluding carboxylic acids is 1.